The number of hydrogen-bond acceptors (Lipinski definition) is 4. The van der Waals surface area contributed by atoms with Crippen LogP contribution in [0.1, 0.15) is 38.7 Å². The van der Waals surface area contributed by atoms with Crippen molar-refractivity contribution in [1.29, 1.82) is 0 Å². The lowest BCUT2D eigenvalue weighted by molar-refractivity contribution is -0.137. The van der Waals surface area contributed by atoms with Crippen molar-refractivity contribution in [2.45, 2.75) is 38.6 Å². The molecule has 1 aliphatic carbocycles. The smallest absolute Gasteiger partial charge is 0.226 e. The van der Waals surface area contributed by atoms with Crippen molar-refractivity contribution in [1.82, 2.24) is 9.88 Å². The summed E-state index contributed by atoms with van der Waals surface area (Å²) in [7, 11) is -3.09. The van der Waals surface area contributed by atoms with Crippen LogP contribution >= 0.6 is 0 Å². The Balaban J connectivity index is 2.08. The van der Waals surface area contributed by atoms with E-state index in [1.807, 2.05) is 32.9 Å². The Kier molecular flexibility index (Phi) is 4.61. The summed E-state index contributed by atoms with van der Waals surface area (Å²) in [6.45, 7) is 6.06. The van der Waals surface area contributed by atoms with E-state index < -0.39 is 9.84 Å². The van der Waals surface area contributed by atoms with Crippen LogP contribution in [0.3, 0.4) is 0 Å². The average molecular weight is 324 g/mol. The molecule has 6 heteroatoms. The Morgan fingerprint density at radius 1 is 1.41 bits per heavy atom. The molecule has 2 atom stereocenters. The Morgan fingerprint density at radius 2 is 2.09 bits per heavy atom. The first-order valence-corrected chi connectivity index (χ1v) is 9.55. The van der Waals surface area contributed by atoms with Gasteiger partial charge in [0.2, 0.25) is 5.91 Å². The van der Waals surface area contributed by atoms with Crippen LogP contribution in [0.4, 0.5) is 0 Å². The van der Waals surface area contributed by atoms with Gasteiger partial charge in [-0.05, 0) is 44.7 Å². The Bertz CT molecular complexity index is 635. The van der Waals surface area contributed by atoms with Gasteiger partial charge in [-0.15, -0.1) is 0 Å². The van der Waals surface area contributed by atoms with Crippen molar-refractivity contribution < 1.29 is 13.2 Å². The van der Waals surface area contributed by atoms with Gasteiger partial charge in [-0.3, -0.25) is 9.78 Å². The van der Waals surface area contributed by atoms with Crippen molar-refractivity contribution in [2.75, 3.05) is 18.6 Å². The average Bonchev–Trinajstić information content (AvgIpc) is 3.17. The van der Waals surface area contributed by atoms with Crippen LogP contribution in [-0.2, 0) is 14.6 Å². The molecule has 0 aliphatic heterocycles. The zero-order valence-electron chi connectivity index (χ0n) is 13.6. The van der Waals surface area contributed by atoms with Crippen LogP contribution in [0, 0.1) is 5.92 Å². The first-order chi connectivity index (χ1) is 10.1. The SMILES string of the molecule is CC(C)(C)N(CCS(C)(=O)=O)C(=O)[C@@H]1C[C@@H]1c1cccnc1. The van der Waals surface area contributed by atoms with Gasteiger partial charge in [-0.1, -0.05) is 6.07 Å². The van der Waals surface area contributed by atoms with Crippen molar-refractivity contribution in [2.24, 2.45) is 5.92 Å². The highest BCUT2D eigenvalue weighted by Gasteiger charge is 2.47. The van der Waals surface area contributed by atoms with E-state index >= 15 is 0 Å². The molecule has 1 fully saturated rings. The predicted molar refractivity (Wildman–Crippen MR) is 86.3 cm³/mol. The minimum Gasteiger partial charge on any atom is -0.337 e. The molecule has 1 amide bonds. The summed E-state index contributed by atoms with van der Waals surface area (Å²) in [4.78, 5) is 18.6. The molecule has 0 bridgehead atoms. The van der Waals surface area contributed by atoms with Gasteiger partial charge in [0.05, 0.1) is 5.75 Å². The van der Waals surface area contributed by atoms with Gasteiger partial charge in [-0.25, -0.2) is 8.42 Å². The van der Waals surface area contributed by atoms with Gasteiger partial charge in [-0.2, -0.15) is 0 Å². The summed E-state index contributed by atoms with van der Waals surface area (Å²) in [5.41, 5.74) is 0.696. The summed E-state index contributed by atoms with van der Waals surface area (Å²) in [5.74, 6) is 0.206. The van der Waals surface area contributed by atoms with Gasteiger partial charge in [0.15, 0.2) is 0 Å². The molecule has 1 aliphatic rings. The van der Waals surface area contributed by atoms with E-state index in [0.29, 0.717) is 0 Å². The molecule has 0 radical (unpaired) electrons. The second-order valence-electron chi connectivity index (χ2n) is 7.03. The van der Waals surface area contributed by atoms with E-state index in [1.165, 1.54) is 6.26 Å². The first kappa shape index (κ1) is 16.9. The van der Waals surface area contributed by atoms with E-state index in [0.717, 1.165) is 12.0 Å². The number of carbonyl (C=O) groups excluding carboxylic acids is 1. The number of pyridine rings is 1. The summed E-state index contributed by atoms with van der Waals surface area (Å²) >= 11 is 0. The molecule has 1 aromatic rings. The van der Waals surface area contributed by atoms with Crippen LogP contribution in [0.15, 0.2) is 24.5 Å². The summed E-state index contributed by atoms with van der Waals surface area (Å²) < 4.78 is 22.8. The lowest BCUT2D eigenvalue weighted by Gasteiger charge is -2.36. The largest absolute Gasteiger partial charge is 0.337 e. The lowest BCUT2D eigenvalue weighted by atomic mass is 10.0. The number of amides is 1. The minimum atomic E-state index is -3.09. The maximum atomic E-state index is 12.8. The number of nitrogens with zero attached hydrogens (tertiary/aromatic N) is 2. The number of sulfone groups is 1. The number of aromatic nitrogens is 1. The highest BCUT2D eigenvalue weighted by Crippen LogP contribution is 2.48. The van der Waals surface area contributed by atoms with Crippen molar-refractivity contribution in [3.8, 4) is 0 Å². The van der Waals surface area contributed by atoms with Crippen LogP contribution in [-0.4, -0.2) is 48.3 Å². The van der Waals surface area contributed by atoms with E-state index in [1.54, 1.807) is 17.3 Å². The van der Waals surface area contributed by atoms with Crippen LogP contribution in [0.25, 0.3) is 0 Å². The second-order valence-corrected chi connectivity index (χ2v) is 9.29. The molecule has 1 saturated carbocycles. The van der Waals surface area contributed by atoms with Gasteiger partial charge in [0, 0.05) is 36.7 Å². The minimum absolute atomic E-state index is 0.000287. The highest BCUT2D eigenvalue weighted by atomic mass is 32.2. The fourth-order valence-electron chi connectivity index (χ4n) is 2.67. The summed E-state index contributed by atoms with van der Waals surface area (Å²) in [5, 5.41) is 0. The third-order valence-electron chi connectivity index (χ3n) is 3.98. The topological polar surface area (TPSA) is 67.3 Å². The molecular formula is C16H24N2O3S. The number of rotatable bonds is 5. The monoisotopic (exact) mass is 324 g/mol. The zero-order valence-corrected chi connectivity index (χ0v) is 14.4. The standard InChI is InChI=1S/C16H24N2O3S/c1-16(2,3)18(8-9-22(4,20)21)15(19)14-10-13(14)12-6-5-7-17-11-12/h5-7,11,13-14H,8-10H2,1-4H3/t13-,14-/m1/s1. The molecule has 0 aromatic carbocycles. The molecule has 2 rings (SSSR count). The molecule has 0 saturated heterocycles. The first-order valence-electron chi connectivity index (χ1n) is 7.49. The molecule has 0 unspecified atom stereocenters. The third kappa shape index (κ3) is 4.29. The number of hydrogen-bond donors (Lipinski definition) is 0. The quantitative estimate of drug-likeness (QED) is 0.829. The van der Waals surface area contributed by atoms with Gasteiger partial charge < -0.3 is 4.90 Å². The molecule has 0 N–H and O–H groups in total. The Morgan fingerprint density at radius 3 is 2.59 bits per heavy atom. The molecule has 5 nitrogen and oxygen atoms in total. The fourth-order valence-corrected chi connectivity index (χ4v) is 3.18. The Hall–Kier alpha value is -1.43. The van der Waals surface area contributed by atoms with Gasteiger partial charge >= 0.3 is 0 Å². The fraction of sp³-hybridized carbons (Fsp3) is 0.625. The van der Waals surface area contributed by atoms with E-state index in [2.05, 4.69) is 4.98 Å². The predicted octanol–water partition coefficient (Wildman–Crippen LogP) is 1.86. The van der Waals surface area contributed by atoms with Gasteiger partial charge in [0.1, 0.15) is 9.84 Å². The zero-order chi connectivity index (χ0) is 16.5. The highest BCUT2D eigenvalue weighted by molar-refractivity contribution is 7.90. The molecule has 1 heterocycles. The Labute approximate surface area is 132 Å². The van der Waals surface area contributed by atoms with Crippen LogP contribution in [0.5, 0.6) is 0 Å². The lowest BCUT2D eigenvalue weighted by Crippen LogP contribution is -2.48. The maximum absolute atomic E-state index is 12.8. The van der Waals surface area contributed by atoms with E-state index in [4.69, 9.17) is 0 Å². The van der Waals surface area contributed by atoms with E-state index in [9.17, 15) is 13.2 Å². The number of carbonyl (C=O) groups is 1. The van der Waals surface area contributed by atoms with Crippen LogP contribution < -0.4 is 0 Å². The van der Waals surface area contributed by atoms with Crippen LogP contribution in [0.2, 0.25) is 0 Å². The molecule has 22 heavy (non-hydrogen) atoms. The van der Waals surface area contributed by atoms with Crippen molar-refractivity contribution in [3.05, 3.63) is 30.1 Å². The van der Waals surface area contributed by atoms with Crippen molar-refractivity contribution in [3.63, 3.8) is 0 Å². The molecule has 1 aromatic heterocycles. The third-order valence-corrected chi connectivity index (χ3v) is 4.91. The maximum Gasteiger partial charge on any atom is 0.226 e. The van der Waals surface area contributed by atoms with Crippen molar-refractivity contribution >= 4 is 15.7 Å². The second kappa shape index (κ2) is 5.99. The summed E-state index contributed by atoms with van der Waals surface area (Å²) in [6.07, 6.45) is 5.54. The molecular weight excluding hydrogens is 300 g/mol. The molecule has 122 valence electrons. The van der Waals surface area contributed by atoms with Gasteiger partial charge in [0.25, 0.3) is 0 Å². The summed E-state index contributed by atoms with van der Waals surface area (Å²) in [6, 6.07) is 3.86. The normalized spacial score (nSPS) is 21.5. The van der Waals surface area contributed by atoms with E-state index in [-0.39, 0.29) is 35.6 Å². The molecule has 0 spiro atoms.